The van der Waals surface area contributed by atoms with Gasteiger partial charge in [0.1, 0.15) is 0 Å². The minimum Gasteiger partial charge on any atom is -0.392 e. The van der Waals surface area contributed by atoms with E-state index >= 15 is 0 Å². The number of rotatable bonds is 5. The lowest BCUT2D eigenvalue weighted by atomic mass is 10.2. The van der Waals surface area contributed by atoms with Crippen LogP contribution in [-0.2, 0) is 0 Å². The number of aliphatic hydroxyl groups is 1. The maximum Gasteiger partial charge on any atom is 0.283 e. The van der Waals surface area contributed by atoms with Gasteiger partial charge in [0.05, 0.1) is 15.9 Å². The number of hydrogen-bond acceptors (Lipinski definition) is 5. The molecular weight excluding hydrogens is 280 g/mol. The van der Waals surface area contributed by atoms with Crippen molar-refractivity contribution in [2.75, 3.05) is 14.1 Å². The van der Waals surface area contributed by atoms with Crippen molar-refractivity contribution < 1.29 is 14.8 Å². The standard InChI is InChI=1S/C13H18N2O4S/c1-8(16)9(2)20-12-6-5-10(13(17)14(3)4)7-11(12)15(18)19/h5-9,16H,1-4H3. The summed E-state index contributed by atoms with van der Waals surface area (Å²) in [5.74, 6) is -0.284. The van der Waals surface area contributed by atoms with Crippen molar-refractivity contribution >= 4 is 23.4 Å². The number of carbonyl (C=O) groups is 1. The van der Waals surface area contributed by atoms with Crippen molar-refractivity contribution in [3.05, 3.63) is 33.9 Å². The highest BCUT2D eigenvalue weighted by molar-refractivity contribution is 8.00. The lowest BCUT2D eigenvalue weighted by Gasteiger charge is -2.15. The summed E-state index contributed by atoms with van der Waals surface area (Å²) >= 11 is 1.22. The minimum absolute atomic E-state index is 0.116. The highest BCUT2D eigenvalue weighted by Gasteiger charge is 2.21. The van der Waals surface area contributed by atoms with Crippen LogP contribution in [0.2, 0.25) is 0 Å². The van der Waals surface area contributed by atoms with E-state index in [1.54, 1.807) is 40.1 Å². The quantitative estimate of drug-likeness (QED) is 0.511. The molecule has 2 atom stereocenters. The van der Waals surface area contributed by atoms with E-state index in [0.717, 1.165) is 0 Å². The third-order valence-corrected chi connectivity index (χ3v) is 4.17. The van der Waals surface area contributed by atoms with Crippen molar-refractivity contribution in [3.8, 4) is 0 Å². The van der Waals surface area contributed by atoms with E-state index in [2.05, 4.69) is 0 Å². The number of nitrogens with zero attached hydrogens (tertiary/aromatic N) is 2. The van der Waals surface area contributed by atoms with E-state index in [1.165, 1.54) is 22.7 Å². The molecule has 7 heteroatoms. The SMILES string of the molecule is CC(O)C(C)Sc1ccc(C(=O)N(C)C)cc1[N+](=O)[O-]. The average Bonchev–Trinajstić information content (AvgIpc) is 2.37. The maximum absolute atomic E-state index is 11.8. The summed E-state index contributed by atoms with van der Waals surface area (Å²) in [6.07, 6.45) is -0.581. The fourth-order valence-electron chi connectivity index (χ4n) is 1.45. The van der Waals surface area contributed by atoms with E-state index in [4.69, 9.17) is 0 Å². The average molecular weight is 298 g/mol. The maximum atomic E-state index is 11.8. The number of carbonyl (C=O) groups excluding carboxylic acids is 1. The number of thioether (sulfide) groups is 1. The summed E-state index contributed by atoms with van der Waals surface area (Å²) in [6.45, 7) is 3.42. The van der Waals surface area contributed by atoms with Gasteiger partial charge in [-0.1, -0.05) is 6.92 Å². The van der Waals surface area contributed by atoms with Crippen molar-refractivity contribution in [1.29, 1.82) is 0 Å². The first-order chi connectivity index (χ1) is 9.23. The molecule has 1 aromatic rings. The van der Waals surface area contributed by atoms with Gasteiger partial charge in [0.25, 0.3) is 11.6 Å². The molecular formula is C13H18N2O4S. The van der Waals surface area contributed by atoms with Gasteiger partial charge in [-0.15, -0.1) is 11.8 Å². The number of nitro benzene ring substituents is 1. The highest BCUT2D eigenvalue weighted by atomic mass is 32.2. The summed E-state index contributed by atoms with van der Waals surface area (Å²) in [5, 5.41) is 20.4. The second kappa shape index (κ2) is 6.71. The van der Waals surface area contributed by atoms with Gasteiger partial charge in [0, 0.05) is 31.0 Å². The van der Waals surface area contributed by atoms with Crippen molar-refractivity contribution in [2.45, 2.75) is 30.1 Å². The van der Waals surface area contributed by atoms with Crippen LogP contribution in [0.15, 0.2) is 23.1 Å². The van der Waals surface area contributed by atoms with Gasteiger partial charge >= 0.3 is 0 Å². The van der Waals surface area contributed by atoms with Crippen molar-refractivity contribution in [2.24, 2.45) is 0 Å². The molecule has 1 rings (SSSR count). The van der Waals surface area contributed by atoms with Gasteiger partial charge in [0.15, 0.2) is 0 Å². The summed E-state index contributed by atoms with van der Waals surface area (Å²) in [5.41, 5.74) is 0.158. The Morgan fingerprint density at radius 2 is 2.00 bits per heavy atom. The molecule has 2 unspecified atom stereocenters. The van der Waals surface area contributed by atoms with Gasteiger partial charge in [0.2, 0.25) is 0 Å². The van der Waals surface area contributed by atoms with E-state index in [-0.39, 0.29) is 22.4 Å². The van der Waals surface area contributed by atoms with Crippen molar-refractivity contribution in [3.63, 3.8) is 0 Å². The first-order valence-corrected chi connectivity index (χ1v) is 6.96. The number of hydrogen-bond donors (Lipinski definition) is 1. The molecule has 0 aliphatic rings. The fraction of sp³-hybridized carbons (Fsp3) is 0.462. The molecule has 1 amide bonds. The Balaban J connectivity index is 3.15. The van der Waals surface area contributed by atoms with Crippen LogP contribution < -0.4 is 0 Å². The first-order valence-electron chi connectivity index (χ1n) is 6.09. The molecule has 20 heavy (non-hydrogen) atoms. The van der Waals surface area contributed by atoms with E-state index in [0.29, 0.717) is 4.90 Å². The highest BCUT2D eigenvalue weighted by Crippen LogP contribution is 2.34. The molecule has 0 spiro atoms. The van der Waals surface area contributed by atoms with E-state index in [1.807, 2.05) is 0 Å². The van der Waals surface area contributed by atoms with Gasteiger partial charge in [-0.05, 0) is 19.1 Å². The van der Waals surface area contributed by atoms with Crippen LogP contribution in [0.25, 0.3) is 0 Å². The van der Waals surface area contributed by atoms with E-state index < -0.39 is 11.0 Å². The van der Waals surface area contributed by atoms with Crippen LogP contribution in [-0.4, -0.2) is 46.3 Å². The topological polar surface area (TPSA) is 83.7 Å². The Morgan fingerprint density at radius 3 is 2.45 bits per heavy atom. The fourth-order valence-corrected chi connectivity index (χ4v) is 2.45. The molecule has 0 saturated heterocycles. The lowest BCUT2D eigenvalue weighted by Crippen LogP contribution is -2.21. The smallest absolute Gasteiger partial charge is 0.283 e. The third-order valence-electron chi connectivity index (χ3n) is 2.80. The Bertz CT molecular complexity index is 517. The van der Waals surface area contributed by atoms with Crippen LogP contribution in [0.5, 0.6) is 0 Å². The Morgan fingerprint density at radius 1 is 1.40 bits per heavy atom. The lowest BCUT2D eigenvalue weighted by molar-refractivity contribution is -0.387. The predicted octanol–water partition coefficient (Wildman–Crippen LogP) is 2.16. The predicted molar refractivity (Wildman–Crippen MR) is 78.1 cm³/mol. The molecule has 1 N–H and O–H groups in total. The molecule has 1 aromatic carbocycles. The number of nitro groups is 1. The van der Waals surface area contributed by atoms with Crippen LogP contribution in [0.3, 0.4) is 0 Å². The van der Waals surface area contributed by atoms with Crippen LogP contribution in [0.4, 0.5) is 5.69 Å². The zero-order valence-corrected chi connectivity index (χ0v) is 12.7. The second-order valence-corrected chi connectivity index (χ2v) is 6.12. The molecule has 0 radical (unpaired) electrons. The van der Waals surface area contributed by atoms with Crippen LogP contribution in [0.1, 0.15) is 24.2 Å². The zero-order chi connectivity index (χ0) is 15.4. The Kier molecular flexibility index (Phi) is 5.52. The molecule has 0 heterocycles. The molecule has 0 aliphatic heterocycles. The van der Waals surface area contributed by atoms with Gasteiger partial charge < -0.3 is 10.0 Å². The van der Waals surface area contributed by atoms with Gasteiger partial charge in [-0.25, -0.2) is 0 Å². The first kappa shape index (κ1) is 16.5. The number of aliphatic hydroxyl groups excluding tert-OH is 1. The number of amides is 1. The van der Waals surface area contributed by atoms with Crippen molar-refractivity contribution in [1.82, 2.24) is 4.90 Å². The molecule has 110 valence electrons. The number of benzene rings is 1. The zero-order valence-electron chi connectivity index (χ0n) is 11.9. The molecule has 0 aliphatic carbocycles. The third kappa shape index (κ3) is 3.94. The Labute approximate surface area is 121 Å². The monoisotopic (exact) mass is 298 g/mol. The molecule has 0 saturated carbocycles. The van der Waals surface area contributed by atoms with Gasteiger partial charge in [-0.3, -0.25) is 14.9 Å². The van der Waals surface area contributed by atoms with Crippen LogP contribution in [0, 0.1) is 10.1 Å². The van der Waals surface area contributed by atoms with E-state index in [9.17, 15) is 20.0 Å². The molecule has 0 fully saturated rings. The summed E-state index contributed by atoms with van der Waals surface area (Å²) in [7, 11) is 3.18. The normalized spacial score (nSPS) is 13.7. The largest absolute Gasteiger partial charge is 0.392 e. The summed E-state index contributed by atoms with van der Waals surface area (Å²) < 4.78 is 0. The summed E-state index contributed by atoms with van der Waals surface area (Å²) in [6, 6.07) is 4.39. The van der Waals surface area contributed by atoms with Crippen LogP contribution >= 0.6 is 11.8 Å². The molecule has 0 bridgehead atoms. The Hall–Kier alpha value is -1.60. The van der Waals surface area contributed by atoms with Gasteiger partial charge in [-0.2, -0.15) is 0 Å². The molecule has 0 aromatic heterocycles. The summed E-state index contributed by atoms with van der Waals surface area (Å²) in [4.78, 5) is 24.2. The second-order valence-electron chi connectivity index (χ2n) is 4.70. The minimum atomic E-state index is -0.581. The molecule has 6 nitrogen and oxygen atoms in total.